The predicted octanol–water partition coefficient (Wildman–Crippen LogP) is 4.64. The molecule has 3 aromatic rings. The Morgan fingerprint density at radius 1 is 1.12 bits per heavy atom. The lowest BCUT2D eigenvalue weighted by atomic mass is 10.1. The van der Waals surface area contributed by atoms with Gasteiger partial charge in [-0.15, -0.1) is 0 Å². The second-order valence-corrected chi connectivity index (χ2v) is 10.7. The Hall–Kier alpha value is -2.98. The van der Waals surface area contributed by atoms with Crippen molar-refractivity contribution in [3.63, 3.8) is 0 Å². The minimum absolute atomic E-state index is 0.333. The van der Waals surface area contributed by atoms with Crippen molar-refractivity contribution >= 4 is 56.1 Å². The van der Waals surface area contributed by atoms with Crippen molar-refractivity contribution in [2.24, 2.45) is 0 Å². The number of carbonyl (C=O) groups is 1. The molecule has 34 heavy (non-hydrogen) atoms. The predicted molar refractivity (Wildman–Crippen MR) is 141 cm³/mol. The number of piperazine rings is 1. The summed E-state index contributed by atoms with van der Waals surface area (Å²) >= 11 is 3.46. The fourth-order valence-electron chi connectivity index (χ4n) is 3.99. The Morgan fingerprint density at radius 2 is 1.79 bits per heavy atom. The Kier molecular flexibility index (Phi) is 6.90. The molecule has 0 spiro atoms. The van der Waals surface area contributed by atoms with Gasteiger partial charge in [0.05, 0.1) is 4.47 Å². The number of fused-ring (bicyclic) bond motifs is 1. The van der Waals surface area contributed by atoms with Gasteiger partial charge in [-0.2, -0.15) is 4.98 Å². The average Bonchev–Trinajstić information content (AvgIpc) is 2.73. The third-order valence-electron chi connectivity index (χ3n) is 5.29. The highest BCUT2D eigenvalue weighted by molar-refractivity contribution is 9.10. The summed E-state index contributed by atoms with van der Waals surface area (Å²) in [6, 6.07) is 10.7. The third-order valence-corrected chi connectivity index (χ3v) is 5.89. The zero-order valence-corrected chi connectivity index (χ0v) is 21.7. The summed E-state index contributed by atoms with van der Waals surface area (Å²) in [7, 11) is 0. The highest BCUT2D eigenvalue weighted by Gasteiger charge is 2.21. The van der Waals surface area contributed by atoms with Crippen LogP contribution in [0.5, 0.6) is 0 Å². The van der Waals surface area contributed by atoms with Crippen LogP contribution < -0.4 is 26.2 Å². The summed E-state index contributed by atoms with van der Waals surface area (Å²) in [5.74, 6) is 0.826. The van der Waals surface area contributed by atoms with E-state index in [-0.39, 0.29) is 11.6 Å². The van der Waals surface area contributed by atoms with Gasteiger partial charge in [0.1, 0.15) is 0 Å². The molecule has 180 valence electrons. The minimum Gasteiger partial charge on any atom is -0.368 e. The van der Waals surface area contributed by atoms with Gasteiger partial charge in [0.15, 0.2) is 11.5 Å². The first kappa shape index (κ1) is 24.2. The summed E-state index contributed by atoms with van der Waals surface area (Å²) in [5.41, 5.74) is 2.20. The van der Waals surface area contributed by atoms with Gasteiger partial charge in [0.2, 0.25) is 5.95 Å². The molecule has 0 unspecified atom stereocenters. The molecule has 4 N–H and O–H groups in total. The average molecular weight is 527 g/mol. The minimum atomic E-state index is -0.358. The number of hydrogen-bond donors (Lipinski definition) is 4. The maximum Gasteiger partial charge on any atom is 0.320 e. The van der Waals surface area contributed by atoms with E-state index in [4.69, 9.17) is 0 Å². The number of pyridine rings is 1. The summed E-state index contributed by atoms with van der Waals surface area (Å²) < 4.78 is 0.653. The molecular weight excluding hydrogens is 496 g/mol. The highest BCUT2D eigenvalue weighted by atomic mass is 79.9. The van der Waals surface area contributed by atoms with Crippen LogP contribution in [0.25, 0.3) is 11.0 Å². The van der Waals surface area contributed by atoms with Gasteiger partial charge in [-0.1, -0.05) is 0 Å². The van der Waals surface area contributed by atoms with Gasteiger partial charge in [-0.3, -0.25) is 5.32 Å². The summed E-state index contributed by atoms with van der Waals surface area (Å²) in [4.78, 5) is 28.1. The van der Waals surface area contributed by atoms with Gasteiger partial charge in [-0.05, 0) is 80.9 Å². The molecule has 2 atom stereocenters. The third kappa shape index (κ3) is 6.12. The van der Waals surface area contributed by atoms with Crippen molar-refractivity contribution in [1.29, 1.82) is 0 Å². The highest BCUT2D eigenvalue weighted by Crippen LogP contribution is 2.26. The van der Waals surface area contributed by atoms with Crippen molar-refractivity contribution < 1.29 is 4.79 Å². The largest absolute Gasteiger partial charge is 0.368 e. The van der Waals surface area contributed by atoms with E-state index in [1.165, 1.54) is 5.69 Å². The van der Waals surface area contributed by atoms with E-state index in [0.29, 0.717) is 34.0 Å². The Bertz CT molecular complexity index is 1170. The standard InChI is InChI=1S/C24H31BrN8O/c1-14-12-33(13-15(2)27-14)18-8-6-17(7-9-18)28-22-26-11-16-10-19(25)21(29-20(16)30-22)31-23(34)32-24(3,4)5/h6-11,14-15,27H,12-13H2,1-5H3,(H3,26,28,29,30,31,32,34)/t14-,15+. The number of carbonyl (C=O) groups excluding carboxylic acids is 1. The van der Waals surface area contributed by atoms with Crippen molar-refractivity contribution in [3.05, 3.63) is 41.0 Å². The first-order chi connectivity index (χ1) is 16.1. The number of halogens is 1. The lowest BCUT2D eigenvalue weighted by Crippen LogP contribution is -2.54. The first-order valence-electron chi connectivity index (χ1n) is 11.4. The van der Waals surface area contributed by atoms with Crippen LogP contribution in [0.15, 0.2) is 41.0 Å². The van der Waals surface area contributed by atoms with E-state index in [1.807, 2.05) is 39.0 Å². The molecular formula is C24H31BrN8O. The maximum absolute atomic E-state index is 12.3. The quantitative estimate of drug-likeness (QED) is 0.392. The second kappa shape index (κ2) is 9.71. The van der Waals surface area contributed by atoms with Gasteiger partial charge in [0.25, 0.3) is 0 Å². The van der Waals surface area contributed by atoms with Crippen molar-refractivity contribution in [1.82, 2.24) is 25.6 Å². The maximum atomic E-state index is 12.3. The fraction of sp³-hybridized carbons (Fsp3) is 0.417. The second-order valence-electron chi connectivity index (χ2n) is 9.80. The number of hydrogen-bond acceptors (Lipinski definition) is 7. The van der Waals surface area contributed by atoms with E-state index >= 15 is 0 Å². The molecule has 0 saturated carbocycles. The molecule has 9 nitrogen and oxygen atoms in total. The smallest absolute Gasteiger partial charge is 0.320 e. The van der Waals surface area contributed by atoms with Crippen LogP contribution >= 0.6 is 15.9 Å². The summed E-state index contributed by atoms with van der Waals surface area (Å²) in [6.45, 7) is 12.1. The molecule has 1 fully saturated rings. The van der Waals surface area contributed by atoms with Gasteiger partial charge >= 0.3 is 6.03 Å². The lowest BCUT2D eigenvalue weighted by molar-refractivity contribution is 0.243. The lowest BCUT2D eigenvalue weighted by Gasteiger charge is -2.37. The van der Waals surface area contributed by atoms with Crippen molar-refractivity contribution in [3.8, 4) is 0 Å². The van der Waals surface area contributed by atoms with E-state index in [1.54, 1.807) is 6.20 Å². The molecule has 2 amide bonds. The topological polar surface area (TPSA) is 107 Å². The summed E-state index contributed by atoms with van der Waals surface area (Å²) in [6.07, 6.45) is 1.71. The molecule has 1 aliphatic heterocycles. The van der Waals surface area contributed by atoms with Crippen LogP contribution in [0.4, 0.5) is 27.9 Å². The number of anilines is 4. The number of benzene rings is 1. The van der Waals surface area contributed by atoms with E-state index in [0.717, 1.165) is 24.2 Å². The number of nitrogens with zero attached hydrogens (tertiary/aromatic N) is 4. The number of rotatable bonds is 4. The van der Waals surface area contributed by atoms with Crippen LogP contribution in [0.1, 0.15) is 34.6 Å². The molecule has 3 heterocycles. The molecule has 1 saturated heterocycles. The van der Waals surface area contributed by atoms with Crippen LogP contribution in [-0.4, -0.2) is 51.7 Å². The molecule has 2 aromatic heterocycles. The van der Waals surface area contributed by atoms with Crippen LogP contribution in [-0.2, 0) is 0 Å². The number of amides is 2. The van der Waals surface area contributed by atoms with E-state index in [9.17, 15) is 4.79 Å². The molecule has 1 aromatic carbocycles. The SMILES string of the molecule is C[C@@H]1CN(c2ccc(Nc3ncc4cc(Br)c(NC(=O)NC(C)(C)C)nc4n3)cc2)C[C@H](C)N1. The molecule has 4 rings (SSSR count). The molecule has 10 heteroatoms. The van der Waals surface area contributed by atoms with Crippen LogP contribution in [0, 0.1) is 0 Å². The number of nitrogens with one attached hydrogen (secondary N) is 4. The monoisotopic (exact) mass is 526 g/mol. The first-order valence-corrected chi connectivity index (χ1v) is 12.2. The van der Waals surface area contributed by atoms with Crippen LogP contribution in [0.3, 0.4) is 0 Å². The zero-order valence-electron chi connectivity index (χ0n) is 20.1. The van der Waals surface area contributed by atoms with Gasteiger partial charge in [-0.25, -0.2) is 14.8 Å². The molecule has 0 aliphatic carbocycles. The normalized spacial score (nSPS) is 18.6. The Morgan fingerprint density at radius 3 is 2.44 bits per heavy atom. The summed E-state index contributed by atoms with van der Waals surface area (Å²) in [5, 5.41) is 13.2. The van der Waals surface area contributed by atoms with E-state index in [2.05, 4.69) is 83.0 Å². The Balaban J connectivity index is 1.49. The molecule has 1 aliphatic rings. The van der Waals surface area contributed by atoms with Crippen LogP contribution in [0.2, 0.25) is 0 Å². The fourth-order valence-corrected chi connectivity index (χ4v) is 4.42. The van der Waals surface area contributed by atoms with Gasteiger partial charge < -0.3 is 20.9 Å². The van der Waals surface area contributed by atoms with E-state index < -0.39 is 0 Å². The molecule has 0 bridgehead atoms. The number of urea groups is 1. The molecule has 0 radical (unpaired) electrons. The Labute approximate surface area is 208 Å². The number of aromatic nitrogens is 3. The van der Waals surface area contributed by atoms with Crippen molar-refractivity contribution in [2.75, 3.05) is 28.6 Å². The van der Waals surface area contributed by atoms with Gasteiger partial charge in [0, 0.05) is 53.7 Å². The zero-order chi connectivity index (χ0) is 24.5. The van der Waals surface area contributed by atoms with Crippen molar-refractivity contribution in [2.45, 2.75) is 52.2 Å².